The monoisotopic (exact) mass is 629 g/mol. The predicted molar refractivity (Wildman–Crippen MR) is 160 cm³/mol. The molecule has 3 N–H and O–H groups in total. The van der Waals surface area contributed by atoms with E-state index in [-0.39, 0.29) is 17.8 Å². The molecule has 0 saturated heterocycles. The summed E-state index contributed by atoms with van der Waals surface area (Å²) in [6.07, 6.45) is 9.51. The fraction of sp³-hybridized carbons (Fsp3) is 0.667. The minimum atomic E-state index is -3.80. The first-order valence-electron chi connectivity index (χ1n) is 14.2. The number of amides is 1. The normalized spacial score (nSPS) is 13.7. The van der Waals surface area contributed by atoms with E-state index >= 15 is 0 Å². The summed E-state index contributed by atoms with van der Waals surface area (Å²) in [5.74, 6) is 0. The molecule has 2 atom stereocenters. The number of nitrogens with one attached hydrogen (secondary N) is 2. The van der Waals surface area contributed by atoms with E-state index in [1.165, 1.54) is 20.3 Å². The predicted octanol–water partition coefficient (Wildman–Crippen LogP) is 5.89. The van der Waals surface area contributed by atoms with Gasteiger partial charge < -0.3 is 20.5 Å². The Morgan fingerprint density at radius 1 is 1.09 bits per heavy atom. The summed E-state index contributed by atoms with van der Waals surface area (Å²) in [5.41, 5.74) is 0.262. The van der Waals surface area contributed by atoms with E-state index < -0.39 is 36.6 Å². The molecular formula is C27H44N5O10P. The number of allylic oxidation sites excluding steroid dienone is 1. The molecule has 2 rings (SSSR count). The second kappa shape index (κ2) is 17.9. The molecule has 0 spiro atoms. The molecule has 2 aromatic rings. The molecule has 43 heavy (non-hydrogen) atoms. The minimum Gasteiger partial charge on any atom is -0.444 e. The number of phosphoric ester groups is 1. The summed E-state index contributed by atoms with van der Waals surface area (Å²) in [5, 5.41) is 34.9. The molecule has 0 unspecified atom stereocenters. The topological polar surface area (TPSA) is 197 Å². The number of unbranched alkanes of at least 4 members (excludes halogenated alkanes) is 7. The van der Waals surface area contributed by atoms with Crippen molar-refractivity contribution in [2.45, 2.75) is 89.9 Å². The second-order valence-corrected chi connectivity index (χ2v) is 12.7. The second-order valence-electron chi connectivity index (χ2n) is 10.8. The van der Waals surface area contributed by atoms with Crippen LogP contribution in [0.5, 0.6) is 0 Å². The summed E-state index contributed by atoms with van der Waals surface area (Å²) < 4.78 is 36.9. The van der Waals surface area contributed by atoms with Crippen molar-refractivity contribution >= 4 is 36.3 Å². The highest BCUT2D eigenvalue weighted by Crippen LogP contribution is 2.47. The summed E-state index contributed by atoms with van der Waals surface area (Å²) in [6.45, 7) is 5.53. The van der Waals surface area contributed by atoms with Crippen LogP contribution < -0.4 is 10.6 Å². The summed E-state index contributed by atoms with van der Waals surface area (Å²) >= 11 is 0. The van der Waals surface area contributed by atoms with Crippen LogP contribution in [0.15, 0.2) is 28.9 Å². The van der Waals surface area contributed by atoms with Gasteiger partial charge in [-0.15, -0.1) is 0 Å². The van der Waals surface area contributed by atoms with E-state index in [1.807, 2.05) is 6.08 Å². The number of alkyl carbamates (subject to hydrolysis) is 1. The lowest BCUT2D eigenvalue weighted by Crippen LogP contribution is -2.47. The van der Waals surface area contributed by atoms with E-state index in [9.17, 15) is 24.6 Å². The molecule has 0 fully saturated rings. The number of aromatic nitrogens is 2. The number of carbonyl (C=O) groups is 1. The van der Waals surface area contributed by atoms with E-state index in [4.69, 9.17) is 18.3 Å². The molecule has 1 aromatic carbocycles. The molecule has 0 bridgehead atoms. The van der Waals surface area contributed by atoms with Gasteiger partial charge in [-0.05, 0) is 56.4 Å². The van der Waals surface area contributed by atoms with Gasteiger partial charge in [0.05, 0.1) is 29.4 Å². The quantitative estimate of drug-likeness (QED) is 0.0515. The molecule has 16 heteroatoms. The van der Waals surface area contributed by atoms with Crippen LogP contribution in [0, 0.1) is 10.1 Å². The summed E-state index contributed by atoms with van der Waals surface area (Å²) in [7, 11) is -1.45. The third-order valence-corrected chi connectivity index (χ3v) is 7.62. The summed E-state index contributed by atoms with van der Waals surface area (Å²) in [6, 6.07) is 2.06. The number of anilines is 1. The molecule has 242 valence electrons. The third-order valence-electron chi connectivity index (χ3n) is 6.26. The van der Waals surface area contributed by atoms with Crippen molar-refractivity contribution in [1.29, 1.82) is 0 Å². The smallest absolute Gasteiger partial charge is 0.444 e. The van der Waals surface area contributed by atoms with Crippen molar-refractivity contribution in [1.82, 2.24) is 15.6 Å². The first-order chi connectivity index (χ1) is 20.4. The minimum absolute atomic E-state index is 0.131. The van der Waals surface area contributed by atoms with Crippen molar-refractivity contribution in [3.8, 4) is 0 Å². The molecule has 0 aliphatic rings. The highest BCUT2D eigenvalue weighted by molar-refractivity contribution is 7.48. The van der Waals surface area contributed by atoms with Crippen molar-refractivity contribution < 1.29 is 42.3 Å². The zero-order valence-corrected chi connectivity index (χ0v) is 26.3. The van der Waals surface area contributed by atoms with Gasteiger partial charge >= 0.3 is 19.6 Å². The number of nitro groups is 1. The van der Waals surface area contributed by atoms with Gasteiger partial charge in [-0.2, -0.15) is 0 Å². The fourth-order valence-electron chi connectivity index (χ4n) is 4.04. The van der Waals surface area contributed by atoms with Crippen LogP contribution in [0.1, 0.15) is 72.1 Å². The highest BCUT2D eigenvalue weighted by atomic mass is 31.2. The van der Waals surface area contributed by atoms with Gasteiger partial charge in [0.25, 0.3) is 0 Å². The Kier molecular flexibility index (Phi) is 15.0. The Bertz CT molecular complexity index is 1220. The Morgan fingerprint density at radius 3 is 2.35 bits per heavy atom. The van der Waals surface area contributed by atoms with E-state index in [2.05, 4.69) is 25.6 Å². The van der Waals surface area contributed by atoms with Gasteiger partial charge in [0.2, 0.25) is 5.52 Å². The number of fused-ring (bicyclic) bond motifs is 1. The first kappa shape index (κ1) is 36.1. The van der Waals surface area contributed by atoms with Gasteiger partial charge in [-0.3, -0.25) is 23.7 Å². The van der Waals surface area contributed by atoms with Gasteiger partial charge in [0, 0.05) is 26.8 Å². The number of non-ortho nitro benzene ring substituents is 1. The highest BCUT2D eigenvalue weighted by Gasteiger charge is 2.29. The van der Waals surface area contributed by atoms with Crippen LogP contribution >= 0.6 is 7.82 Å². The number of hydrogen-bond donors (Lipinski definition) is 3. The molecule has 1 amide bonds. The Morgan fingerprint density at radius 2 is 1.72 bits per heavy atom. The molecule has 0 aliphatic carbocycles. The first-order valence-corrected chi connectivity index (χ1v) is 15.7. The van der Waals surface area contributed by atoms with Crippen LogP contribution in [0.3, 0.4) is 0 Å². The molecule has 1 heterocycles. The maximum Gasteiger partial charge on any atom is 0.474 e. The maximum absolute atomic E-state index is 12.2. The van der Waals surface area contributed by atoms with Crippen molar-refractivity contribution in [3.05, 3.63) is 34.4 Å². The fourth-order valence-corrected chi connectivity index (χ4v) is 4.75. The van der Waals surface area contributed by atoms with Gasteiger partial charge in [0.1, 0.15) is 5.60 Å². The number of nitro benzene ring substituents is 1. The van der Waals surface area contributed by atoms with Crippen molar-refractivity contribution in [3.63, 3.8) is 0 Å². The van der Waals surface area contributed by atoms with Crippen molar-refractivity contribution in [2.75, 3.05) is 32.7 Å². The van der Waals surface area contributed by atoms with E-state index in [0.29, 0.717) is 17.7 Å². The maximum atomic E-state index is 12.2. The molecule has 0 aliphatic heterocycles. The molecule has 0 radical (unpaired) electrons. The van der Waals surface area contributed by atoms with Gasteiger partial charge in [0.15, 0.2) is 5.52 Å². The third kappa shape index (κ3) is 13.0. The molecular weight excluding hydrogens is 585 g/mol. The average Bonchev–Trinajstić information content (AvgIpc) is 3.44. The van der Waals surface area contributed by atoms with Crippen LogP contribution in [-0.4, -0.2) is 71.6 Å². The number of ether oxygens (including phenoxy) is 1. The number of phosphoric acid groups is 1. The lowest BCUT2D eigenvalue weighted by molar-refractivity contribution is -0.383. The standard InChI is InChI=1S/C27H44N5O10P/c1-27(2,3)41-26(34)29-21(19-40-43(37,38-4)39-5)23(33)15-13-11-9-7-6-8-10-12-14-18-28-20-16-17-22(32(35)36)25-24(20)30-42-31-25/h13,15-17,21,23,28,33H,6-12,14,18-19H2,1-5H3,(H,29,34)/b15-13+/t21-,23+/m0/s1. The van der Waals surface area contributed by atoms with Crippen LogP contribution in [0.2, 0.25) is 0 Å². The Balaban J connectivity index is 1.65. The molecule has 1 aromatic heterocycles. The number of aliphatic hydroxyl groups is 1. The molecule has 0 saturated carbocycles. The number of benzene rings is 1. The van der Waals surface area contributed by atoms with Crippen LogP contribution in [-0.2, 0) is 22.9 Å². The van der Waals surface area contributed by atoms with Crippen molar-refractivity contribution in [2.24, 2.45) is 0 Å². The summed E-state index contributed by atoms with van der Waals surface area (Å²) in [4.78, 5) is 22.8. The van der Waals surface area contributed by atoms with Gasteiger partial charge in [-0.1, -0.05) is 44.3 Å². The largest absolute Gasteiger partial charge is 0.474 e. The van der Waals surface area contributed by atoms with E-state index in [0.717, 1.165) is 51.4 Å². The Labute approximate surface area is 251 Å². The van der Waals surface area contributed by atoms with Gasteiger partial charge in [-0.25, -0.2) is 14.0 Å². The van der Waals surface area contributed by atoms with Crippen LogP contribution in [0.25, 0.3) is 11.0 Å². The zero-order chi connectivity index (χ0) is 31.9. The lowest BCUT2D eigenvalue weighted by atomic mass is 10.1. The average molecular weight is 630 g/mol. The number of rotatable bonds is 20. The zero-order valence-electron chi connectivity index (χ0n) is 25.4. The number of nitrogens with zero attached hydrogens (tertiary/aromatic N) is 3. The lowest BCUT2D eigenvalue weighted by Gasteiger charge is -2.26. The Hall–Kier alpha value is -3.10. The molecule has 15 nitrogen and oxygen atoms in total. The number of carbonyl (C=O) groups excluding carboxylic acids is 1. The number of aliphatic hydroxyl groups excluding tert-OH is 1. The SMILES string of the molecule is COP(=O)(OC)OC[C@H](NC(=O)OC(C)(C)C)[C@H](O)/C=C/CCCCCCCCCNc1ccc([N+](=O)[O-])c2nonc12. The number of hydrogen-bond acceptors (Lipinski definition) is 13. The van der Waals surface area contributed by atoms with Crippen LogP contribution in [0.4, 0.5) is 16.2 Å². The van der Waals surface area contributed by atoms with E-state index in [1.54, 1.807) is 32.9 Å².